The first-order valence-corrected chi connectivity index (χ1v) is 11.3. The Bertz CT molecular complexity index is 961. The molecule has 2 aromatic rings. The lowest BCUT2D eigenvalue weighted by Gasteiger charge is -2.31. The van der Waals surface area contributed by atoms with Crippen molar-refractivity contribution >= 4 is 22.8 Å². The van der Waals surface area contributed by atoms with Crippen LogP contribution in [0.3, 0.4) is 0 Å². The first-order chi connectivity index (χ1) is 15.2. The summed E-state index contributed by atoms with van der Waals surface area (Å²) >= 11 is 0. The minimum absolute atomic E-state index is 0.182. The van der Waals surface area contributed by atoms with E-state index >= 15 is 0 Å². The van der Waals surface area contributed by atoms with Gasteiger partial charge in [-0.25, -0.2) is 15.0 Å². The predicted molar refractivity (Wildman–Crippen MR) is 119 cm³/mol. The highest BCUT2D eigenvalue weighted by Crippen LogP contribution is 2.44. The molecule has 2 N–H and O–H groups in total. The largest absolute Gasteiger partial charge is 0.382 e. The molecule has 0 amide bonds. The van der Waals surface area contributed by atoms with Gasteiger partial charge in [0.05, 0.1) is 6.33 Å². The van der Waals surface area contributed by atoms with Crippen LogP contribution in [0.5, 0.6) is 0 Å². The van der Waals surface area contributed by atoms with E-state index in [4.69, 9.17) is 19.9 Å². The summed E-state index contributed by atoms with van der Waals surface area (Å²) in [6.07, 6.45) is 4.47. The molecule has 4 heterocycles. The molecule has 2 fully saturated rings. The zero-order valence-electron chi connectivity index (χ0n) is 19.5. The summed E-state index contributed by atoms with van der Waals surface area (Å²) in [4.78, 5) is 26.4. The zero-order chi connectivity index (χ0) is 23.0. The lowest BCUT2D eigenvalue weighted by molar-refractivity contribution is -0.198. The van der Waals surface area contributed by atoms with Crippen molar-refractivity contribution in [3.05, 3.63) is 12.7 Å². The van der Waals surface area contributed by atoms with E-state index in [0.717, 1.165) is 19.4 Å². The molecular formula is C22H34N6O4. The second-order valence-electron chi connectivity index (χ2n) is 9.46. The molecule has 32 heavy (non-hydrogen) atoms. The Hall–Kier alpha value is -2.14. The lowest BCUT2D eigenvalue weighted by Crippen LogP contribution is -2.43. The van der Waals surface area contributed by atoms with Crippen LogP contribution in [-0.2, 0) is 19.0 Å². The van der Waals surface area contributed by atoms with E-state index in [9.17, 15) is 4.79 Å². The number of imidazole rings is 1. The number of nitrogens with two attached hydrogens (primary N) is 1. The van der Waals surface area contributed by atoms with Crippen LogP contribution in [0.1, 0.15) is 60.1 Å². The number of nitrogen functional groups attached to an aromatic ring is 1. The Labute approximate surface area is 188 Å². The molecule has 10 heteroatoms. The maximum absolute atomic E-state index is 11.3. The maximum Gasteiger partial charge on any atom is 0.167 e. The van der Waals surface area contributed by atoms with E-state index in [2.05, 4.69) is 33.7 Å². The summed E-state index contributed by atoms with van der Waals surface area (Å²) in [5, 5.41) is 0. The molecule has 0 unspecified atom stereocenters. The van der Waals surface area contributed by atoms with Crippen molar-refractivity contribution < 1.29 is 19.0 Å². The number of Topliss-reactive ketones (excluding diaryl/α,β-unsaturated/α-hetero) is 1. The van der Waals surface area contributed by atoms with Crippen LogP contribution in [0.25, 0.3) is 11.2 Å². The normalized spacial score (nSPS) is 27.0. The number of carbonyl (C=O) groups excluding carboxylic acids is 1. The van der Waals surface area contributed by atoms with Crippen molar-refractivity contribution in [1.82, 2.24) is 24.4 Å². The minimum Gasteiger partial charge on any atom is -0.382 e. The Kier molecular flexibility index (Phi) is 6.49. The first kappa shape index (κ1) is 23.0. The molecule has 0 radical (unpaired) electrons. The van der Waals surface area contributed by atoms with Crippen LogP contribution in [0, 0.1) is 0 Å². The fourth-order valence-electron chi connectivity index (χ4n) is 4.57. The van der Waals surface area contributed by atoms with Gasteiger partial charge >= 0.3 is 0 Å². The molecule has 2 aromatic heterocycles. The number of unbranched alkanes of at least 4 members (excludes halogenated alkanes) is 1. The summed E-state index contributed by atoms with van der Waals surface area (Å²) in [5.74, 6) is -0.133. The summed E-state index contributed by atoms with van der Waals surface area (Å²) in [7, 11) is 0. The number of nitrogens with zero attached hydrogens (tertiary/aromatic N) is 5. The molecule has 10 nitrogen and oxygen atoms in total. The fourth-order valence-corrected chi connectivity index (χ4v) is 4.57. The number of anilines is 1. The van der Waals surface area contributed by atoms with E-state index in [0.29, 0.717) is 36.0 Å². The number of rotatable bonds is 9. The maximum atomic E-state index is 11.3. The van der Waals surface area contributed by atoms with Gasteiger partial charge in [0.1, 0.15) is 35.9 Å². The topological polar surface area (TPSA) is 118 Å². The SMILES string of the molecule is CC(=O)CCCCN(C[C@H]1O[C@@H](n2cnc3c(N)ncnc32)[C@@H]2OC(C)(C)O[C@@H]21)C(C)C. The Morgan fingerprint density at radius 1 is 1.22 bits per heavy atom. The van der Waals surface area contributed by atoms with Crippen molar-refractivity contribution in [1.29, 1.82) is 0 Å². The van der Waals surface area contributed by atoms with E-state index in [1.165, 1.54) is 6.33 Å². The number of ether oxygens (including phenoxy) is 3. The predicted octanol–water partition coefficient (Wildman–Crippen LogP) is 2.30. The van der Waals surface area contributed by atoms with Gasteiger partial charge in [-0.1, -0.05) is 0 Å². The number of hydrogen-bond acceptors (Lipinski definition) is 9. The van der Waals surface area contributed by atoms with Crippen molar-refractivity contribution in [2.75, 3.05) is 18.8 Å². The second kappa shape index (κ2) is 9.01. The minimum atomic E-state index is -0.704. The molecular weight excluding hydrogens is 412 g/mol. The number of aromatic nitrogens is 4. The van der Waals surface area contributed by atoms with E-state index < -0.39 is 12.0 Å². The third-order valence-corrected chi connectivity index (χ3v) is 6.16. The van der Waals surface area contributed by atoms with Crippen LogP contribution >= 0.6 is 0 Å². The highest BCUT2D eigenvalue weighted by Gasteiger charge is 2.56. The summed E-state index contributed by atoms with van der Waals surface area (Å²) in [6, 6.07) is 0.338. The average Bonchev–Trinajstić information content (AvgIpc) is 3.36. The van der Waals surface area contributed by atoms with Gasteiger partial charge in [-0.2, -0.15) is 0 Å². The zero-order valence-corrected chi connectivity index (χ0v) is 19.5. The smallest absolute Gasteiger partial charge is 0.167 e. The third kappa shape index (κ3) is 4.63. The summed E-state index contributed by atoms with van der Waals surface area (Å²) < 4.78 is 20.9. The van der Waals surface area contributed by atoms with Crippen molar-refractivity contribution in [3.63, 3.8) is 0 Å². The summed E-state index contributed by atoms with van der Waals surface area (Å²) in [5.41, 5.74) is 7.13. The van der Waals surface area contributed by atoms with Gasteiger partial charge in [-0.15, -0.1) is 0 Å². The van der Waals surface area contributed by atoms with Crippen molar-refractivity contribution in [3.8, 4) is 0 Å². The molecule has 2 aliphatic heterocycles. The number of hydrogen-bond donors (Lipinski definition) is 1. The van der Waals surface area contributed by atoms with Gasteiger partial charge in [-0.3, -0.25) is 9.47 Å². The van der Waals surface area contributed by atoms with E-state index in [1.54, 1.807) is 13.3 Å². The lowest BCUT2D eigenvalue weighted by atomic mass is 10.1. The quantitative estimate of drug-likeness (QED) is 0.579. The highest BCUT2D eigenvalue weighted by atomic mass is 16.8. The van der Waals surface area contributed by atoms with Crippen molar-refractivity contribution in [2.24, 2.45) is 0 Å². The Morgan fingerprint density at radius 3 is 2.69 bits per heavy atom. The first-order valence-electron chi connectivity index (χ1n) is 11.3. The fraction of sp³-hybridized carbons (Fsp3) is 0.727. The molecule has 0 saturated carbocycles. The molecule has 0 spiro atoms. The average molecular weight is 447 g/mol. The molecule has 4 rings (SSSR count). The van der Waals surface area contributed by atoms with Crippen LogP contribution in [0.2, 0.25) is 0 Å². The molecule has 0 aromatic carbocycles. The van der Waals surface area contributed by atoms with Gasteiger partial charge in [-0.05, 0) is 54.0 Å². The Morgan fingerprint density at radius 2 is 1.97 bits per heavy atom. The summed E-state index contributed by atoms with van der Waals surface area (Å²) in [6.45, 7) is 11.4. The number of ketones is 1. The standard InChI is InChI=1S/C22H34N6O4/c1-13(2)27(9-7-6-8-14(3)29)10-15-17-18(32-22(4,5)31-17)21(30-15)28-12-26-16-19(23)24-11-25-20(16)28/h11-13,15,17-18,21H,6-10H2,1-5H3,(H2,23,24,25)/t15-,17-,18-,21-/m1/s1. The Balaban J connectivity index is 1.54. The molecule has 176 valence electrons. The van der Waals surface area contributed by atoms with Crippen LogP contribution in [0.4, 0.5) is 5.82 Å². The molecule has 2 aliphatic rings. The van der Waals surface area contributed by atoms with Gasteiger partial charge in [0.15, 0.2) is 23.5 Å². The van der Waals surface area contributed by atoms with E-state index in [1.807, 2.05) is 18.4 Å². The van der Waals surface area contributed by atoms with Gasteiger partial charge < -0.3 is 24.7 Å². The number of fused-ring (bicyclic) bond motifs is 2. The molecule has 0 aliphatic carbocycles. The molecule has 4 atom stereocenters. The van der Waals surface area contributed by atoms with Gasteiger partial charge in [0.25, 0.3) is 0 Å². The van der Waals surface area contributed by atoms with E-state index in [-0.39, 0.29) is 24.1 Å². The monoisotopic (exact) mass is 446 g/mol. The van der Waals surface area contributed by atoms with Crippen LogP contribution in [-0.4, -0.2) is 73.4 Å². The number of carbonyl (C=O) groups is 1. The molecule has 0 bridgehead atoms. The molecule has 2 saturated heterocycles. The van der Waals surface area contributed by atoms with Crippen LogP contribution in [0.15, 0.2) is 12.7 Å². The van der Waals surface area contributed by atoms with Gasteiger partial charge in [0.2, 0.25) is 0 Å². The third-order valence-electron chi connectivity index (χ3n) is 6.16. The van der Waals surface area contributed by atoms with Gasteiger partial charge in [0, 0.05) is 19.0 Å². The van der Waals surface area contributed by atoms with Crippen molar-refractivity contribution in [2.45, 2.75) is 90.2 Å². The highest BCUT2D eigenvalue weighted by molar-refractivity contribution is 5.81. The second-order valence-corrected chi connectivity index (χ2v) is 9.46. The van der Waals surface area contributed by atoms with Crippen LogP contribution < -0.4 is 5.73 Å².